The van der Waals surface area contributed by atoms with Gasteiger partial charge in [-0.05, 0) is 66.9 Å². The molecule has 0 aliphatic heterocycles. The minimum absolute atomic E-state index is 0.148. The summed E-state index contributed by atoms with van der Waals surface area (Å²) < 4.78 is 24.5. The summed E-state index contributed by atoms with van der Waals surface area (Å²) in [7, 11) is 1.56. The molecule has 3 aromatic carbocycles. The Hall–Kier alpha value is -2.43. The fourth-order valence-corrected chi connectivity index (χ4v) is 3.37. The zero-order valence-corrected chi connectivity index (χ0v) is 18.0. The van der Waals surface area contributed by atoms with E-state index in [1.54, 1.807) is 13.2 Å². The van der Waals surface area contributed by atoms with Crippen molar-refractivity contribution in [2.24, 2.45) is 0 Å². The molecule has 3 rings (SSSR count). The lowest BCUT2D eigenvalue weighted by atomic mass is 10.1. The molecule has 3 nitrogen and oxygen atoms in total. The van der Waals surface area contributed by atoms with E-state index in [0.29, 0.717) is 33.7 Å². The number of hydrogen-bond donors (Lipinski definition) is 1. The third-order valence-electron chi connectivity index (χ3n) is 4.68. The number of rotatable bonds is 7. The summed E-state index contributed by atoms with van der Waals surface area (Å²) in [4.78, 5) is 0. The number of nitrogens with one attached hydrogen (secondary N) is 1. The van der Waals surface area contributed by atoms with Crippen molar-refractivity contribution in [3.63, 3.8) is 0 Å². The maximum atomic E-state index is 13.2. The van der Waals surface area contributed by atoms with Crippen molar-refractivity contribution >= 4 is 28.9 Å². The minimum Gasteiger partial charge on any atom is -0.493 e. The summed E-state index contributed by atoms with van der Waals surface area (Å²) in [6.45, 7) is 4.90. The molecule has 0 amide bonds. The number of aryl methyl sites for hydroxylation is 2. The van der Waals surface area contributed by atoms with Crippen molar-refractivity contribution in [2.45, 2.75) is 27.0 Å². The topological polar surface area (TPSA) is 30.5 Å². The van der Waals surface area contributed by atoms with Crippen molar-refractivity contribution in [2.75, 3.05) is 12.4 Å². The van der Waals surface area contributed by atoms with Crippen LogP contribution < -0.4 is 14.8 Å². The fourth-order valence-electron chi connectivity index (χ4n) is 2.86. The Kier molecular flexibility index (Phi) is 6.88. The maximum absolute atomic E-state index is 13.2. The first-order valence-electron chi connectivity index (χ1n) is 9.11. The number of hydrogen-bond acceptors (Lipinski definition) is 3. The van der Waals surface area contributed by atoms with Gasteiger partial charge >= 0.3 is 0 Å². The lowest BCUT2D eigenvalue weighted by Gasteiger charge is -2.15. The van der Waals surface area contributed by atoms with E-state index in [2.05, 4.69) is 31.3 Å². The third-order valence-corrected chi connectivity index (χ3v) is 5.31. The third kappa shape index (κ3) is 5.34. The van der Waals surface area contributed by atoms with Crippen molar-refractivity contribution in [1.82, 2.24) is 0 Å². The van der Waals surface area contributed by atoms with Gasteiger partial charge in [0.2, 0.25) is 0 Å². The highest BCUT2D eigenvalue weighted by molar-refractivity contribution is 6.32. The average molecular weight is 434 g/mol. The molecule has 0 spiro atoms. The van der Waals surface area contributed by atoms with E-state index in [4.69, 9.17) is 32.7 Å². The predicted octanol–water partition coefficient (Wildman–Crippen LogP) is 6.95. The molecule has 0 bridgehead atoms. The first-order valence-corrected chi connectivity index (χ1v) is 9.87. The number of ether oxygens (including phenoxy) is 2. The van der Waals surface area contributed by atoms with Crippen LogP contribution in [0.4, 0.5) is 10.1 Å². The standard InChI is InChI=1S/C23H22Cl2FNO2/c1-14-4-7-19(8-15(14)2)27-12-16-9-21(25)23(22(10-16)28-3)29-13-17-5-6-18(26)11-20(17)24/h4-11,27H,12-13H2,1-3H3. The molecule has 152 valence electrons. The van der Waals surface area contributed by atoms with E-state index in [1.807, 2.05) is 18.2 Å². The highest BCUT2D eigenvalue weighted by Crippen LogP contribution is 2.37. The van der Waals surface area contributed by atoms with Gasteiger partial charge in [0.15, 0.2) is 11.5 Å². The molecule has 6 heteroatoms. The number of benzene rings is 3. The van der Waals surface area contributed by atoms with Crippen LogP contribution in [0.2, 0.25) is 10.0 Å². The van der Waals surface area contributed by atoms with E-state index in [9.17, 15) is 4.39 Å². The summed E-state index contributed by atoms with van der Waals surface area (Å²) in [6.07, 6.45) is 0. The van der Waals surface area contributed by atoms with Crippen molar-refractivity contribution in [1.29, 1.82) is 0 Å². The normalized spacial score (nSPS) is 10.7. The van der Waals surface area contributed by atoms with Crippen LogP contribution in [0.3, 0.4) is 0 Å². The summed E-state index contributed by atoms with van der Waals surface area (Å²) >= 11 is 12.5. The molecule has 0 saturated heterocycles. The quantitative estimate of drug-likeness (QED) is 0.437. The molecule has 0 fully saturated rings. The molecule has 29 heavy (non-hydrogen) atoms. The van der Waals surface area contributed by atoms with Crippen LogP contribution in [0.1, 0.15) is 22.3 Å². The van der Waals surface area contributed by atoms with Gasteiger partial charge in [-0.15, -0.1) is 0 Å². The van der Waals surface area contributed by atoms with Gasteiger partial charge in [0.05, 0.1) is 17.2 Å². The van der Waals surface area contributed by atoms with E-state index in [-0.39, 0.29) is 6.61 Å². The molecule has 0 saturated carbocycles. The van der Waals surface area contributed by atoms with Gasteiger partial charge in [-0.1, -0.05) is 35.3 Å². The van der Waals surface area contributed by atoms with Crippen LogP contribution in [-0.2, 0) is 13.2 Å². The summed E-state index contributed by atoms with van der Waals surface area (Å²) in [5.74, 6) is 0.548. The molecule has 0 atom stereocenters. The maximum Gasteiger partial charge on any atom is 0.180 e. The van der Waals surface area contributed by atoms with E-state index >= 15 is 0 Å². The molecule has 3 aromatic rings. The van der Waals surface area contributed by atoms with Crippen molar-refractivity contribution in [3.05, 3.63) is 86.6 Å². The first-order chi connectivity index (χ1) is 13.9. The molecular weight excluding hydrogens is 412 g/mol. The Morgan fingerprint density at radius 1 is 0.931 bits per heavy atom. The van der Waals surface area contributed by atoms with Crippen LogP contribution in [-0.4, -0.2) is 7.11 Å². The zero-order valence-electron chi connectivity index (χ0n) is 16.5. The molecule has 1 N–H and O–H groups in total. The molecule has 0 aliphatic rings. The summed E-state index contributed by atoms with van der Waals surface area (Å²) in [5, 5.41) is 4.12. The lowest BCUT2D eigenvalue weighted by Crippen LogP contribution is -2.03. The Bertz CT molecular complexity index is 1020. The first kappa shape index (κ1) is 21.3. The van der Waals surface area contributed by atoms with Gasteiger partial charge < -0.3 is 14.8 Å². The summed E-state index contributed by atoms with van der Waals surface area (Å²) in [6, 6.07) is 14.1. The van der Waals surface area contributed by atoms with Crippen molar-refractivity contribution in [3.8, 4) is 11.5 Å². The zero-order chi connectivity index (χ0) is 21.0. The smallest absolute Gasteiger partial charge is 0.180 e. The lowest BCUT2D eigenvalue weighted by molar-refractivity contribution is 0.284. The second kappa shape index (κ2) is 9.38. The van der Waals surface area contributed by atoms with Crippen LogP contribution in [0.5, 0.6) is 11.5 Å². The van der Waals surface area contributed by atoms with Gasteiger partial charge in [0.25, 0.3) is 0 Å². The minimum atomic E-state index is -0.394. The van der Waals surface area contributed by atoms with E-state index < -0.39 is 5.82 Å². The Morgan fingerprint density at radius 2 is 1.72 bits per heavy atom. The average Bonchev–Trinajstić information content (AvgIpc) is 2.69. The van der Waals surface area contributed by atoms with Crippen LogP contribution in [0.15, 0.2) is 48.5 Å². The number of anilines is 1. The highest BCUT2D eigenvalue weighted by atomic mass is 35.5. The van der Waals surface area contributed by atoms with Gasteiger partial charge in [0, 0.05) is 17.8 Å². The SMILES string of the molecule is COc1cc(CNc2ccc(C)c(C)c2)cc(Cl)c1OCc1ccc(F)cc1Cl. The largest absolute Gasteiger partial charge is 0.493 e. The van der Waals surface area contributed by atoms with Gasteiger partial charge in [0.1, 0.15) is 12.4 Å². The molecule has 0 radical (unpaired) electrons. The number of methoxy groups -OCH3 is 1. The predicted molar refractivity (Wildman–Crippen MR) is 117 cm³/mol. The van der Waals surface area contributed by atoms with Crippen LogP contribution in [0, 0.1) is 19.7 Å². The molecule has 0 unspecified atom stereocenters. The molecule has 0 heterocycles. The molecular formula is C23H22Cl2FNO2. The van der Waals surface area contributed by atoms with Gasteiger partial charge in [-0.3, -0.25) is 0 Å². The Morgan fingerprint density at radius 3 is 2.41 bits per heavy atom. The number of halogens is 3. The van der Waals surface area contributed by atoms with E-state index in [1.165, 1.54) is 23.3 Å². The van der Waals surface area contributed by atoms with Crippen molar-refractivity contribution < 1.29 is 13.9 Å². The Labute approximate surface area is 180 Å². The van der Waals surface area contributed by atoms with Crippen LogP contribution >= 0.6 is 23.2 Å². The Balaban J connectivity index is 1.73. The molecule has 0 aromatic heterocycles. The monoisotopic (exact) mass is 433 g/mol. The summed E-state index contributed by atoms with van der Waals surface area (Å²) in [5.41, 5.74) is 5.13. The van der Waals surface area contributed by atoms with Gasteiger partial charge in [-0.25, -0.2) is 4.39 Å². The van der Waals surface area contributed by atoms with Crippen LogP contribution in [0.25, 0.3) is 0 Å². The highest BCUT2D eigenvalue weighted by Gasteiger charge is 2.13. The second-order valence-corrected chi connectivity index (χ2v) is 7.60. The van der Waals surface area contributed by atoms with E-state index in [0.717, 1.165) is 11.3 Å². The van der Waals surface area contributed by atoms with Gasteiger partial charge in [-0.2, -0.15) is 0 Å². The fraction of sp³-hybridized carbons (Fsp3) is 0.217. The molecule has 0 aliphatic carbocycles. The second-order valence-electron chi connectivity index (χ2n) is 6.79.